The first kappa shape index (κ1) is 15.5. The van der Waals surface area contributed by atoms with E-state index >= 15 is 0 Å². The average Bonchev–Trinajstić information content (AvgIpc) is 2.43. The largest absolute Gasteiger partial charge is 0.378 e. The van der Waals surface area contributed by atoms with E-state index in [0.717, 1.165) is 24.8 Å². The van der Waals surface area contributed by atoms with Gasteiger partial charge in [-0.25, -0.2) is 0 Å². The highest BCUT2D eigenvalue weighted by atomic mass is 79.9. The van der Waals surface area contributed by atoms with Crippen molar-refractivity contribution in [3.63, 3.8) is 0 Å². The van der Waals surface area contributed by atoms with E-state index in [9.17, 15) is 4.79 Å². The van der Waals surface area contributed by atoms with E-state index in [2.05, 4.69) is 21.2 Å². The molecule has 0 heterocycles. The molecule has 4 heteroatoms. The standard InChI is InChI=1S/C16H22BrNO2/c1-15(12-17,13-7-4-3-5-8-13)18-14(19)11-16(20-2)9-6-10-16/h3-5,7-8H,6,9-12H2,1-2H3,(H,18,19). The quantitative estimate of drug-likeness (QED) is 0.807. The molecule has 1 saturated carbocycles. The summed E-state index contributed by atoms with van der Waals surface area (Å²) in [4.78, 5) is 12.3. The second-order valence-corrected chi connectivity index (χ2v) is 6.36. The van der Waals surface area contributed by atoms with E-state index in [1.165, 1.54) is 0 Å². The van der Waals surface area contributed by atoms with Crippen molar-refractivity contribution in [1.29, 1.82) is 0 Å². The summed E-state index contributed by atoms with van der Waals surface area (Å²) in [6.07, 6.45) is 3.55. The number of benzene rings is 1. The number of methoxy groups -OCH3 is 1. The maximum Gasteiger partial charge on any atom is 0.223 e. The van der Waals surface area contributed by atoms with Crippen LogP contribution in [0.3, 0.4) is 0 Å². The highest BCUT2D eigenvalue weighted by molar-refractivity contribution is 9.09. The Hall–Kier alpha value is -0.870. The van der Waals surface area contributed by atoms with Gasteiger partial charge in [0.2, 0.25) is 5.91 Å². The molecule has 1 unspecified atom stereocenters. The van der Waals surface area contributed by atoms with Gasteiger partial charge >= 0.3 is 0 Å². The number of amides is 1. The van der Waals surface area contributed by atoms with E-state index in [1.807, 2.05) is 37.3 Å². The minimum absolute atomic E-state index is 0.0531. The van der Waals surface area contributed by atoms with E-state index in [-0.39, 0.29) is 11.5 Å². The van der Waals surface area contributed by atoms with E-state index in [0.29, 0.717) is 11.8 Å². The Balaban J connectivity index is 2.04. The van der Waals surface area contributed by atoms with Gasteiger partial charge in [-0.2, -0.15) is 0 Å². The first-order valence-corrected chi connectivity index (χ1v) is 8.13. The van der Waals surface area contributed by atoms with Crippen molar-refractivity contribution >= 4 is 21.8 Å². The van der Waals surface area contributed by atoms with Gasteiger partial charge in [-0.05, 0) is 31.7 Å². The number of nitrogens with one attached hydrogen (secondary N) is 1. The molecule has 0 aliphatic heterocycles. The molecule has 1 aromatic carbocycles. The molecule has 0 bridgehead atoms. The third-order valence-electron chi connectivity index (χ3n) is 4.27. The molecular weight excluding hydrogens is 318 g/mol. The maximum atomic E-state index is 12.3. The summed E-state index contributed by atoms with van der Waals surface area (Å²) < 4.78 is 5.53. The summed E-state index contributed by atoms with van der Waals surface area (Å²) in [6, 6.07) is 10.0. The molecule has 110 valence electrons. The van der Waals surface area contributed by atoms with Crippen LogP contribution >= 0.6 is 15.9 Å². The molecule has 0 spiro atoms. The van der Waals surface area contributed by atoms with Gasteiger partial charge in [0, 0.05) is 12.4 Å². The average molecular weight is 340 g/mol. The zero-order valence-electron chi connectivity index (χ0n) is 12.1. The maximum absolute atomic E-state index is 12.3. The van der Waals surface area contributed by atoms with Crippen molar-refractivity contribution in [2.75, 3.05) is 12.4 Å². The summed E-state index contributed by atoms with van der Waals surface area (Å²) in [7, 11) is 1.70. The molecule has 1 atom stereocenters. The number of carbonyl (C=O) groups excluding carboxylic acids is 1. The Morgan fingerprint density at radius 2 is 2.05 bits per heavy atom. The molecule has 1 fully saturated rings. The molecule has 1 aromatic rings. The fourth-order valence-corrected chi connectivity index (χ4v) is 3.12. The van der Waals surface area contributed by atoms with Gasteiger partial charge in [0.1, 0.15) is 0 Å². The Labute approximate surface area is 129 Å². The third kappa shape index (κ3) is 3.23. The minimum Gasteiger partial charge on any atom is -0.378 e. The zero-order valence-corrected chi connectivity index (χ0v) is 13.7. The lowest BCUT2D eigenvalue weighted by Crippen LogP contribution is -2.50. The van der Waals surface area contributed by atoms with Gasteiger partial charge in [-0.3, -0.25) is 4.79 Å². The van der Waals surface area contributed by atoms with Crippen molar-refractivity contribution in [2.24, 2.45) is 0 Å². The van der Waals surface area contributed by atoms with Crippen LogP contribution in [0.4, 0.5) is 0 Å². The van der Waals surface area contributed by atoms with Crippen LogP contribution in [0.5, 0.6) is 0 Å². The summed E-state index contributed by atoms with van der Waals surface area (Å²) in [6.45, 7) is 2.04. The van der Waals surface area contributed by atoms with Crippen LogP contribution in [-0.2, 0) is 15.1 Å². The van der Waals surface area contributed by atoms with Crippen molar-refractivity contribution in [3.8, 4) is 0 Å². The van der Waals surface area contributed by atoms with Crippen molar-refractivity contribution in [1.82, 2.24) is 5.32 Å². The molecule has 0 radical (unpaired) electrons. The zero-order chi connectivity index (χ0) is 14.6. The van der Waals surface area contributed by atoms with Crippen LogP contribution in [0.25, 0.3) is 0 Å². The minimum atomic E-state index is -0.392. The summed E-state index contributed by atoms with van der Waals surface area (Å²) in [5.74, 6) is 0.0531. The number of rotatable bonds is 6. The Morgan fingerprint density at radius 1 is 1.40 bits per heavy atom. The summed E-state index contributed by atoms with van der Waals surface area (Å²) >= 11 is 3.52. The molecule has 3 nitrogen and oxygen atoms in total. The summed E-state index contributed by atoms with van der Waals surface area (Å²) in [5, 5.41) is 3.83. The van der Waals surface area contributed by atoms with Gasteiger partial charge < -0.3 is 10.1 Å². The number of hydrogen-bond donors (Lipinski definition) is 1. The van der Waals surface area contributed by atoms with Gasteiger partial charge in [0.15, 0.2) is 0 Å². The van der Waals surface area contributed by atoms with E-state index in [4.69, 9.17) is 4.74 Å². The van der Waals surface area contributed by atoms with Crippen molar-refractivity contribution in [2.45, 2.75) is 43.7 Å². The second-order valence-electron chi connectivity index (χ2n) is 5.80. The molecule has 1 amide bonds. The van der Waals surface area contributed by atoms with E-state index < -0.39 is 5.54 Å². The number of ether oxygens (including phenoxy) is 1. The van der Waals surface area contributed by atoms with Gasteiger partial charge in [-0.15, -0.1) is 0 Å². The lowest BCUT2D eigenvalue weighted by molar-refractivity contribution is -0.135. The van der Waals surface area contributed by atoms with Crippen LogP contribution in [0.2, 0.25) is 0 Å². The fraction of sp³-hybridized carbons (Fsp3) is 0.562. The Bertz CT molecular complexity index is 453. The number of alkyl halides is 1. The summed E-state index contributed by atoms with van der Waals surface area (Å²) in [5.41, 5.74) is 0.482. The lowest BCUT2D eigenvalue weighted by Gasteiger charge is -2.41. The molecule has 1 aliphatic carbocycles. The predicted octanol–water partition coefficient (Wildman–Crippen LogP) is 3.37. The van der Waals surface area contributed by atoms with Crippen LogP contribution in [0, 0.1) is 0 Å². The van der Waals surface area contributed by atoms with Gasteiger partial charge in [0.05, 0.1) is 17.6 Å². The van der Waals surface area contributed by atoms with Crippen molar-refractivity contribution < 1.29 is 9.53 Å². The molecule has 2 rings (SSSR count). The fourth-order valence-electron chi connectivity index (χ4n) is 2.66. The van der Waals surface area contributed by atoms with Crippen LogP contribution in [-0.4, -0.2) is 23.9 Å². The van der Waals surface area contributed by atoms with Crippen LogP contribution in [0.15, 0.2) is 30.3 Å². The smallest absolute Gasteiger partial charge is 0.223 e. The molecular formula is C16H22BrNO2. The Morgan fingerprint density at radius 3 is 2.50 bits per heavy atom. The van der Waals surface area contributed by atoms with Crippen molar-refractivity contribution in [3.05, 3.63) is 35.9 Å². The highest BCUT2D eigenvalue weighted by Gasteiger charge is 2.40. The predicted molar refractivity (Wildman–Crippen MR) is 83.9 cm³/mol. The third-order valence-corrected chi connectivity index (χ3v) is 5.40. The highest BCUT2D eigenvalue weighted by Crippen LogP contribution is 2.38. The molecule has 0 aromatic heterocycles. The second kappa shape index (κ2) is 6.27. The normalized spacial score (nSPS) is 19.8. The van der Waals surface area contributed by atoms with E-state index in [1.54, 1.807) is 7.11 Å². The molecule has 0 saturated heterocycles. The number of halogens is 1. The van der Waals surface area contributed by atoms with Crippen LogP contribution in [0.1, 0.15) is 38.2 Å². The topological polar surface area (TPSA) is 38.3 Å². The van der Waals surface area contributed by atoms with Crippen LogP contribution < -0.4 is 5.32 Å². The molecule has 20 heavy (non-hydrogen) atoms. The first-order chi connectivity index (χ1) is 9.53. The van der Waals surface area contributed by atoms with Gasteiger partial charge in [-0.1, -0.05) is 46.3 Å². The lowest BCUT2D eigenvalue weighted by atomic mass is 9.77. The van der Waals surface area contributed by atoms with Gasteiger partial charge in [0.25, 0.3) is 0 Å². The first-order valence-electron chi connectivity index (χ1n) is 7.01. The monoisotopic (exact) mass is 339 g/mol. The number of hydrogen-bond acceptors (Lipinski definition) is 2. The SMILES string of the molecule is COC1(CC(=O)NC(C)(CBr)c2ccccc2)CCC1. The Kier molecular flexibility index (Phi) is 4.86. The molecule has 1 aliphatic rings. The molecule has 1 N–H and O–H groups in total. The number of carbonyl (C=O) groups is 1.